The highest BCUT2D eigenvalue weighted by molar-refractivity contribution is 5.49. The third kappa shape index (κ3) is 3.74. The third-order valence-electron chi connectivity index (χ3n) is 2.53. The van der Waals surface area contributed by atoms with Gasteiger partial charge in [0.25, 0.3) is 0 Å². The number of aromatic nitrogens is 1. The van der Waals surface area contributed by atoms with E-state index in [2.05, 4.69) is 24.1 Å². The van der Waals surface area contributed by atoms with Crippen molar-refractivity contribution in [1.82, 2.24) is 4.98 Å². The molecule has 0 spiro atoms. The predicted octanol–water partition coefficient (Wildman–Crippen LogP) is 4.08. The van der Waals surface area contributed by atoms with Gasteiger partial charge in [0.1, 0.15) is 12.4 Å². The van der Waals surface area contributed by atoms with Crippen LogP contribution in [0.1, 0.15) is 24.5 Å². The summed E-state index contributed by atoms with van der Waals surface area (Å²) < 4.78 is 5.72. The SMILES string of the molecule is CCC=Cc1cncc(OCc2ccccc2)c1. The second kappa shape index (κ2) is 6.60. The van der Waals surface area contributed by atoms with Crippen LogP contribution < -0.4 is 4.74 Å². The second-order valence-electron chi connectivity index (χ2n) is 4.04. The van der Waals surface area contributed by atoms with Crippen LogP contribution in [0.4, 0.5) is 0 Å². The van der Waals surface area contributed by atoms with E-state index < -0.39 is 0 Å². The highest BCUT2D eigenvalue weighted by atomic mass is 16.5. The Hall–Kier alpha value is -2.09. The fourth-order valence-corrected chi connectivity index (χ4v) is 1.60. The molecule has 0 fully saturated rings. The summed E-state index contributed by atoms with van der Waals surface area (Å²) in [6.45, 7) is 2.68. The average molecular weight is 239 g/mol. The minimum absolute atomic E-state index is 0.573. The molecule has 0 radical (unpaired) electrons. The molecular formula is C16H17NO. The van der Waals surface area contributed by atoms with Crippen LogP contribution in [-0.2, 0) is 6.61 Å². The van der Waals surface area contributed by atoms with Crippen molar-refractivity contribution in [3.8, 4) is 5.75 Å². The van der Waals surface area contributed by atoms with E-state index in [1.54, 1.807) is 6.20 Å². The van der Waals surface area contributed by atoms with E-state index in [1.165, 1.54) is 0 Å². The molecular weight excluding hydrogens is 222 g/mol. The zero-order chi connectivity index (χ0) is 12.6. The molecule has 2 heteroatoms. The van der Waals surface area contributed by atoms with Gasteiger partial charge >= 0.3 is 0 Å². The molecule has 0 unspecified atom stereocenters. The number of ether oxygens (including phenoxy) is 1. The van der Waals surface area contributed by atoms with E-state index >= 15 is 0 Å². The molecule has 0 saturated heterocycles. The summed E-state index contributed by atoms with van der Waals surface area (Å²) in [5.41, 5.74) is 2.23. The highest BCUT2D eigenvalue weighted by Crippen LogP contribution is 2.14. The van der Waals surface area contributed by atoms with Gasteiger partial charge in [-0.1, -0.05) is 49.4 Å². The lowest BCUT2D eigenvalue weighted by Crippen LogP contribution is -1.95. The molecule has 0 aliphatic heterocycles. The van der Waals surface area contributed by atoms with Crippen LogP contribution in [0, 0.1) is 0 Å². The lowest BCUT2D eigenvalue weighted by molar-refractivity contribution is 0.305. The summed E-state index contributed by atoms with van der Waals surface area (Å²) in [4.78, 5) is 4.17. The summed E-state index contributed by atoms with van der Waals surface area (Å²) in [7, 11) is 0. The summed E-state index contributed by atoms with van der Waals surface area (Å²) in [6.07, 6.45) is 8.77. The summed E-state index contributed by atoms with van der Waals surface area (Å²) in [5, 5.41) is 0. The van der Waals surface area contributed by atoms with Crippen LogP contribution in [0.15, 0.2) is 54.9 Å². The molecule has 2 aromatic rings. The van der Waals surface area contributed by atoms with Gasteiger partial charge < -0.3 is 4.74 Å². The monoisotopic (exact) mass is 239 g/mol. The van der Waals surface area contributed by atoms with Crippen molar-refractivity contribution in [1.29, 1.82) is 0 Å². The van der Waals surface area contributed by atoms with Crippen LogP contribution in [-0.4, -0.2) is 4.98 Å². The minimum atomic E-state index is 0.573. The molecule has 92 valence electrons. The van der Waals surface area contributed by atoms with E-state index in [-0.39, 0.29) is 0 Å². The van der Waals surface area contributed by atoms with Gasteiger partial charge in [0, 0.05) is 6.20 Å². The average Bonchev–Trinajstić information content (AvgIpc) is 2.44. The van der Waals surface area contributed by atoms with Crippen molar-refractivity contribution < 1.29 is 4.74 Å². The summed E-state index contributed by atoms with van der Waals surface area (Å²) in [6, 6.07) is 12.1. The molecule has 0 aliphatic carbocycles. The van der Waals surface area contributed by atoms with Crippen molar-refractivity contribution in [3.05, 3.63) is 66.0 Å². The molecule has 1 heterocycles. The van der Waals surface area contributed by atoms with Gasteiger partial charge in [-0.15, -0.1) is 0 Å². The Morgan fingerprint density at radius 3 is 2.78 bits per heavy atom. The van der Waals surface area contributed by atoms with Crippen molar-refractivity contribution in [3.63, 3.8) is 0 Å². The molecule has 0 N–H and O–H groups in total. The fraction of sp³-hybridized carbons (Fsp3) is 0.188. The van der Waals surface area contributed by atoms with Crippen LogP contribution in [0.2, 0.25) is 0 Å². The number of allylic oxidation sites excluding steroid dienone is 1. The standard InChI is InChI=1S/C16H17NO/c1-2-3-7-15-10-16(12-17-11-15)18-13-14-8-5-4-6-9-14/h3-12H,2,13H2,1H3. The van der Waals surface area contributed by atoms with E-state index in [0.717, 1.165) is 23.3 Å². The fourth-order valence-electron chi connectivity index (χ4n) is 1.60. The van der Waals surface area contributed by atoms with Crippen molar-refractivity contribution >= 4 is 6.08 Å². The molecule has 0 aliphatic rings. The van der Waals surface area contributed by atoms with Crippen molar-refractivity contribution in [2.24, 2.45) is 0 Å². The maximum absolute atomic E-state index is 5.72. The van der Waals surface area contributed by atoms with Gasteiger partial charge in [-0.2, -0.15) is 0 Å². The van der Waals surface area contributed by atoms with Crippen LogP contribution in [0.3, 0.4) is 0 Å². The Morgan fingerprint density at radius 2 is 2.00 bits per heavy atom. The first-order valence-electron chi connectivity index (χ1n) is 6.17. The Morgan fingerprint density at radius 1 is 1.17 bits per heavy atom. The molecule has 2 nitrogen and oxygen atoms in total. The van der Waals surface area contributed by atoms with E-state index in [1.807, 2.05) is 42.6 Å². The zero-order valence-electron chi connectivity index (χ0n) is 10.5. The van der Waals surface area contributed by atoms with Gasteiger partial charge in [0.2, 0.25) is 0 Å². The Kier molecular flexibility index (Phi) is 4.53. The van der Waals surface area contributed by atoms with Crippen LogP contribution in [0.5, 0.6) is 5.75 Å². The van der Waals surface area contributed by atoms with Gasteiger partial charge in [-0.3, -0.25) is 4.98 Å². The lowest BCUT2D eigenvalue weighted by atomic mass is 10.2. The van der Waals surface area contributed by atoms with Gasteiger partial charge in [0.05, 0.1) is 6.20 Å². The van der Waals surface area contributed by atoms with Gasteiger partial charge in [0.15, 0.2) is 0 Å². The number of nitrogens with zero attached hydrogens (tertiary/aromatic N) is 1. The topological polar surface area (TPSA) is 22.1 Å². The molecule has 1 aromatic carbocycles. The normalized spacial score (nSPS) is 10.7. The zero-order valence-corrected chi connectivity index (χ0v) is 10.5. The maximum Gasteiger partial charge on any atom is 0.138 e. The number of pyridine rings is 1. The first kappa shape index (κ1) is 12.4. The first-order valence-corrected chi connectivity index (χ1v) is 6.17. The number of benzene rings is 1. The van der Waals surface area contributed by atoms with Gasteiger partial charge in [-0.25, -0.2) is 0 Å². The molecule has 0 bridgehead atoms. The predicted molar refractivity (Wildman–Crippen MR) is 74.3 cm³/mol. The van der Waals surface area contributed by atoms with E-state index in [4.69, 9.17) is 4.74 Å². The second-order valence-corrected chi connectivity index (χ2v) is 4.04. The Bertz CT molecular complexity index is 506. The van der Waals surface area contributed by atoms with E-state index in [9.17, 15) is 0 Å². The van der Waals surface area contributed by atoms with Gasteiger partial charge in [-0.05, 0) is 23.6 Å². The lowest BCUT2D eigenvalue weighted by Gasteiger charge is -2.06. The highest BCUT2D eigenvalue weighted by Gasteiger charge is 1.97. The molecule has 18 heavy (non-hydrogen) atoms. The molecule has 0 amide bonds. The number of hydrogen-bond acceptors (Lipinski definition) is 2. The third-order valence-corrected chi connectivity index (χ3v) is 2.53. The Labute approximate surface area is 108 Å². The first-order chi connectivity index (χ1) is 8.88. The number of hydrogen-bond donors (Lipinski definition) is 0. The quantitative estimate of drug-likeness (QED) is 0.784. The summed E-state index contributed by atoms with van der Waals surface area (Å²) >= 11 is 0. The molecule has 2 rings (SSSR count). The molecule has 0 atom stereocenters. The molecule has 0 saturated carbocycles. The largest absolute Gasteiger partial charge is 0.487 e. The van der Waals surface area contributed by atoms with Crippen LogP contribution >= 0.6 is 0 Å². The molecule has 1 aromatic heterocycles. The number of rotatable bonds is 5. The maximum atomic E-state index is 5.72. The van der Waals surface area contributed by atoms with E-state index in [0.29, 0.717) is 6.61 Å². The van der Waals surface area contributed by atoms with Crippen LogP contribution in [0.25, 0.3) is 6.08 Å². The summed E-state index contributed by atoms with van der Waals surface area (Å²) in [5.74, 6) is 0.803. The minimum Gasteiger partial charge on any atom is -0.487 e. The van der Waals surface area contributed by atoms with Crippen molar-refractivity contribution in [2.45, 2.75) is 20.0 Å². The Balaban J connectivity index is 1.99. The van der Waals surface area contributed by atoms with Crippen molar-refractivity contribution in [2.75, 3.05) is 0 Å². The smallest absolute Gasteiger partial charge is 0.138 e.